The topological polar surface area (TPSA) is 101 Å². The number of aromatic nitrogens is 2. The number of nitrogens with zero attached hydrogens (tertiary/aromatic N) is 2. The predicted molar refractivity (Wildman–Crippen MR) is 70.3 cm³/mol. The molecular weight excluding hydrogens is 272 g/mol. The molecule has 1 aromatic carbocycles. The Hall–Kier alpha value is -2.41. The van der Waals surface area contributed by atoms with E-state index >= 15 is 0 Å². The fourth-order valence-corrected chi connectivity index (χ4v) is 1.60. The quantitative estimate of drug-likeness (QED) is 0.658. The summed E-state index contributed by atoms with van der Waals surface area (Å²) in [5, 5.41) is 19.3. The molecule has 1 heterocycles. The Balaban J connectivity index is 2.08. The molecule has 19 heavy (non-hydrogen) atoms. The van der Waals surface area contributed by atoms with Crippen LogP contribution in [0, 0.1) is 10.1 Å². The Morgan fingerprint density at radius 2 is 2.05 bits per heavy atom. The Kier molecular flexibility index (Phi) is 3.76. The smallest absolute Gasteiger partial charge is 0.285 e. The molecule has 1 aromatic heterocycles. The van der Waals surface area contributed by atoms with Crippen LogP contribution in [0.3, 0.4) is 0 Å². The number of nitro benzene ring substituents is 1. The molecule has 0 radical (unpaired) electrons. The first-order valence-electron chi connectivity index (χ1n) is 5.28. The van der Waals surface area contributed by atoms with Crippen molar-refractivity contribution in [2.75, 3.05) is 5.32 Å². The summed E-state index contributed by atoms with van der Waals surface area (Å²) in [4.78, 5) is 21.2. The number of non-ortho nitro benzene ring substituents is 1. The van der Waals surface area contributed by atoms with E-state index in [1.165, 1.54) is 18.3 Å². The van der Waals surface area contributed by atoms with Crippen molar-refractivity contribution < 1.29 is 4.92 Å². The molecule has 0 atom stereocenters. The molecule has 0 spiro atoms. The number of aromatic amines is 1. The van der Waals surface area contributed by atoms with E-state index in [4.69, 9.17) is 11.6 Å². The SMILES string of the molecule is O=c1[nH]ncc(NCc2ccc([N+](=O)[O-])cc2)c1Cl. The van der Waals surface area contributed by atoms with E-state index in [1.54, 1.807) is 12.1 Å². The van der Waals surface area contributed by atoms with E-state index in [2.05, 4.69) is 15.5 Å². The van der Waals surface area contributed by atoms with Gasteiger partial charge in [0.05, 0.1) is 16.8 Å². The maximum absolute atomic E-state index is 11.2. The van der Waals surface area contributed by atoms with Crippen LogP contribution >= 0.6 is 11.6 Å². The average Bonchev–Trinajstić information content (AvgIpc) is 2.41. The van der Waals surface area contributed by atoms with Crippen molar-refractivity contribution in [3.8, 4) is 0 Å². The van der Waals surface area contributed by atoms with Crippen molar-refractivity contribution in [1.29, 1.82) is 0 Å². The highest BCUT2D eigenvalue weighted by molar-refractivity contribution is 6.32. The molecule has 2 rings (SSSR count). The summed E-state index contributed by atoms with van der Waals surface area (Å²) in [6, 6.07) is 6.07. The minimum atomic E-state index is -0.477. The van der Waals surface area contributed by atoms with Crippen LogP contribution in [0.2, 0.25) is 5.02 Å². The lowest BCUT2D eigenvalue weighted by Gasteiger charge is -2.06. The third-order valence-electron chi connectivity index (χ3n) is 2.43. The highest BCUT2D eigenvalue weighted by atomic mass is 35.5. The second-order valence-corrected chi connectivity index (χ2v) is 4.08. The van der Waals surface area contributed by atoms with Crippen molar-refractivity contribution in [1.82, 2.24) is 10.2 Å². The monoisotopic (exact) mass is 280 g/mol. The van der Waals surface area contributed by atoms with Gasteiger partial charge < -0.3 is 5.32 Å². The van der Waals surface area contributed by atoms with Crippen LogP contribution in [0.25, 0.3) is 0 Å². The number of anilines is 1. The highest BCUT2D eigenvalue weighted by Crippen LogP contribution is 2.17. The van der Waals surface area contributed by atoms with Gasteiger partial charge in [0.25, 0.3) is 11.2 Å². The second kappa shape index (κ2) is 5.49. The van der Waals surface area contributed by atoms with E-state index in [1.807, 2.05) is 0 Å². The molecule has 0 saturated carbocycles. The molecule has 2 aromatic rings. The zero-order valence-electron chi connectivity index (χ0n) is 9.59. The van der Waals surface area contributed by atoms with Gasteiger partial charge in [-0.3, -0.25) is 14.9 Å². The van der Waals surface area contributed by atoms with Gasteiger partial charge in [-0.25, -0.2) is 5.10 Å². The summed E-state index contributed by atoms with van der Waals surface area (Å²) in [7, 11) is 0. The first kappa shape index (κ1) is 13.0. The predicted octanol–water partition coefficient (Wildman–Crippen LogP) is 1.94. The van der Waals surface area contributed by atoms with Crippen molar-refractivity contribution in [2.45, 2.75) is 6.54 Å². The molecule has 8 heteroatoms. The van der Waals surface area contributed by atoms with Crippen molar-refractivity contribution >= 4 is 23.0 Å². The van der Waals surface area contributed by atoms with Crippen LogP contribution in [-0.2, 0) is 6.54 Å². The lowest BCUT2D eigenvalue weighted by atomic mass is 10.2. The molecule has 2 N–H and O–H groups in total. The fourth-order valence-electron chi connectivity index (χ4n) is 1.44. The van der Waals surface area contributed by atoms with E-state index in [9.17, 15) is 14.9 Å². The first-order valence-corrected chi connectivity index (χ1v) is 5.66. The van der Waals surface area contributed by atoms with Gasteiger partial charge in [-0.1, -0.05) is 23.7 Å². The summed E-state index contributed by atoms with van der Waals surface area (Å²) in [5.41, 5.74) is 0.778. The normalized spacial score (nSPS) is 10.2. The largest absolute Gasteiger partial charge is 0.378 e. The van der Waals surface area contributed by atoms with Crippen molar-refractivity contribution in [2.24, 2.45) is 0 Å². The maximum Gasteiger partial charge on any atom is 0.285 e. The minimum Gasteiger partial charge on any atom is -0.378 e. The van der Waals surface area contributed by atoms with Crippen molar-refractivity contribution in [3.05, 3.63) is 61.5 Å². The lowest BCUT2D eigenvalue weighted by molar-refractivity contribution is -0.384. The number of hydrogen-bond donors (Lipinski definition) is 2. The summed E-state index contributed by atoms with van der Waals surface area (Å²) in [6.07, 6.45) is 1.40. The minimum absolute atomic E-state index is 0.0249. The molecule has 0 aliphatic carbocycles. The zero-order valence-corrected chi connectivity index (χ0v) is 10.3. The molecule has 0 aliphatic heterocycles. The van der Waals surface area contributed by atoms with Crippen molar-refractivity contribution in [3.63, 3.8) is 0 Å². The van der Waals surface area contributed by atoms with Crippen LogP contribution < -0.4 is 10.9 Å². The third-order valence-corrected chi connectivity index (χ3v) is 2.80. The first-order chi connectivity index (χ1) is 9.08. The highest BCUT2D eigenvalue weighted by Gasteiger charge is 2.06. The molecule has 0 unspecified atom stereocenters. The van der Waals surface area contributed by atoms with Gasteiger partial charge in [0.2, 0.25) is 0 Å². The average molecular weight is 281 g/mol. The number of hydrogen-bond acceptors (Lipinski definition) is 5. The number of halogens is 1. The number of H-pyrrole nitrogens is 1. The van der Waals surface area contributed by atoms with Crippen LogP contribution in [0.4, 0.5) is 11.4 Å². The molecule has 0 bridgehead atoms. The Morgan fingerprint density at radius 1 is 1.37 bits per heavy atom. The zero-order chi connectivity index (χ0) is 13.8. The fraction of sp³-hybridized carbons (Fsp3) is 0.0909. The molecular formula is C11H9ClN4O3. The molecule has 0 saturated heterocycles. The van der Waals surface area contributed by atoms with Gasteiger partial charge in [0.15, 0.2) is 0 Å². The van der Waals surface area contributed by atoms with E-state index in [-0.39, 0.29) is 10.7 Å². The summed E-state index contributed by atoms with van der Waals surface area (Å²) in [6.45, 7) is 0.378. The summed E-state index contributed by atoms with van der Waals surface area (Å²) >= 11 is 5.79. The second-order valence-electron chi connectivity index (χ2n) is 3.70. The Morgan fingerprint density at radius 3 is 2.68 bits per heavy atom. The lowest BCUT2D eigenvalue weighted by Crippen LogP contribution is -2.11. The number of rotatable bonds is 4. The maximum atomic E-state index is 11.2. The van der Waals surface area contributed by atoms with Gasteiger partial charge in [-0.15, -0.1) is 0 Å². The van der Waals surface area contributed by atoms with Crippen LogP contribution in [0.5, 0.6) is 0 Å². The van der Waals surface area contributed by atoms with Gasteiger partial charge in [0.1, 0.15) is 5.02 Å². The number of nitro groups is 1. The number of benzene rings is 1. The van der Waals surface area contributed by atoms with Crippen LogP contribution in [0.1, 0.15) is 5.56 Å². The third kappa shape index (κ3) is 3.08. The standard InChI is InChI=1S/C11H9ClN4O3/c12-10-9(6-14-15-11(10)17)13-5-7-1-3-8(4-2-7)16(18)19/h1-4,6H,5H2,(H2,13,15,17). The number of nitrogens with one attached hydrogen (secondary N) is 2. The van der Waals surface area contributed by atoms with E-state index in [0.29, 0.717) is 12.2 Å². The Labute approximate surface area is 112 Å². The molecule has 0 amide bonds. The summed E-state index contributed by atoms with van der Waals surface area (Å²) in [5.74, 6) is 0. The molecule has 0 fully saturated rings. The molecule has 0 aliphatic rings. The molecule has 98 valence electrons. The van der Waals surface area contributed by atoms with Crippen LogP contribution in [-0.4, -0.2) is 15.1 Å². The Bertz CT molecular complexity index is 654. The van der Waals surface area contributed by atoms with Gasteiger partial charge in [-0.05, 0) is 5.56 Å². The van der Waals surface area contributed by atoms with E-state index in [0.717, 1.165) is 5.56 Å². The van der Waals surface area contributed by atoms with E-state index < -0.39 is 10.5 Å². The van der Waals surface area contributed by atoms with Crippen LogP contribution in [0.15, 0.2) is 35.3 Å². The van der Waals surface area contributed by atoms with Gasteiger partial charge in [-0.2, -0.15) is 5.10 Å². The summed E-state index contributed by atoms with van der Waals surface area (Å²) < 4.78 is 0. The van der Waals surface area contributed by atoms with Gasteiger partial charge in [0, 0.05) is 18.7 Å². The van der Waals surface area contributed by atoms with Gasteiger partial charge >= 0.3 is 0 Å². The molecule has 7 nitrogen and oxygen atoms in total.